The first-order chi connectivity index (χ1) is 17.0. The number of likely N-dealkylation sites (tertiary alicyclic amines) is 1. The van der Waals surface area contributed by atoms with Crippen LogP contribution < -0.4 is 11.1 Å². The number of carbonyl (C=O) groups is 2. The highest BCUT2D eigenvalue weighted by Gasteiger charge is 2.54. The van der Waals surface area contributed by atoms with Crippen LogP contribution in [0.25, 0.3) is 21.3 Å². The van der Waals surface area contributed by atoms with Crippen molar-refractivity contribution in [3.05, 3.63) is 77.9 Å². The van der Waals surface area contributed by atoms with Gasteiger partial charge in [0, 0.05) is 29.7 Å². The fourth-order valence-corrected chi connectivity index (χ4v) is 5.91. The van der Waals surface area contributed by atoms with E-state index in [2.05, 4.69) is 15.3 Å². The van der Waals surface area contributed by atoms with Crippen LogP contribution in [0.4, 0.5) is 9.52 Å². The highest BCUT2D eigenvalue weighted by Crippen LogP contribution is 2.49. The van der Waals surface area contributed by atoms with Gasteiger partial charge in [0.2, 0.25) is 0 Å². The summed E-state index contributed by atoms with van der Waals surface area (Å²) in [6, 6.07) is 15.2. The van der Waals surface area contributed by atoms with Crippen molar-refractivity contribution in [3.63, 3.8) is 0 Å². The molecule has 0 radical (unpaired) electrons. The summed E-state index contributed by atoms with van der Waals surface area (Å²) >= 11 is 1.17. The average molecular weight is 488 g/mol. The first-order valence-electron chi connectivity index (χ1n) is 11.5. The maximum Gasteiger partial charge on any atom is 0.274 e. The zero-order valence-corrected chi connectivity index (χ0v) is 19.5. The number of piperidine rings is 1. The fourth-order valence-electron chi connectivity index (χ4n) is 5.09. The van der Waals surface area contributed by atoms with Gasteiger partial charge in [0.25, 0.3) is 11.8 Å². The van der Waals surface area contributed by atoms with Crippen LogP contribution >= 0.6 is 11.3 Å². The molecule has 1 saturated carbocycles. The molecule has 2 aliphatic rings. The summed E-state index contributed by atoms with van der Waals surface area (Å²) in [5.41, 5.74) is 8.08. The number of aromatic nitrogens is 2. The third kappa shape index (κ3) is 3.91. The summed E-state index contributed by atoms with van der Waals surface area (Å²) in [6.07, 6.45) is 3.46. The molecular weight excluding hydrogens is 465 g/mol. The van der Waals surface area contributed by atoms with Gasteiger partial charge in [-0.05, 0) is 54.7 Å². The number of carbonyl (C=O) groups excluding carboxylic acids is 2. The number of nitrogen functional groups attached to an aromatic ring is 1. The summed E-state index contributed by atoms with van der Waals surface area (Å²) in [5, 5.41) is 4.06. The smallest absolute Gasteiger partial charge is 0.274 e. The highest BCUT2D eigenvalue weighted by atomic mass is 32.1. The lowest BCUT2D eigenvalue weighted by atomic mass is 10.1. The minimum atomic E-state index is -0.388. The third-order valence-electron chi connectivity index (χ3n) is 6.77. The van der Waals surface area contributed by atoms with E-state index in [4.69, 9.17) is 5.73 Å². The molecule has 2 amide bonds. The Kier molecular flexibility index (Phi) is 5.21. The minimum absolute atomic E-state index is 0.134. The third-order valence-corrected chi connectivity index (χ3v) is 7.70. The van der Waals surface area contributed by atoms with Gasteiger partial charge < -0.3 is 16.0 Å². The Labute approximate surface area is 204 Å². The van der Waals surface area contributed by atoms with Crippen LogP contribution in [-0.4, -0.2) is 45.3 Å². The lowest BCUT2D eigenvalue weighted by molar-refractivity contribution is 0.0685. The molecule has 0 bridgehead atoms. The van der Waals surface area contributed by atoms with Crippen LogP contribution in [-0.2, 0) is 0 Å². The fraction of sp³-hybridized carbons (Fsp3) is 0.231. The Morgan fingerprint density at radius 3 is 2.86 bits per heavy atom. The average Bonchev–Trinajstić information content (AvgIpc) is 3.35. The van der Waals surface area contributed by atoms with Crippen molar-refractivity contribution in [1.82, 2.24) is 20.2 Å². The van der Waals surface area contributed by atoms with E-state index in [1.54, 1.807) is 30.5 Å². The van der Waals surface area contributed by atoms with Gasteiger partial charge in [-0.3, -0.25) is 14.6 Å². The van der Waals surface area contributed by atoms with E-state index in [0.717, 1.165) is 23.7 Å². The predicted octanol–water partition coefficient (Wildman–Crippen LogP) is 4.11. The maximum absolute atomic E-state index is 13.9. The molecule has 1 saturated heterocycles. The number of halogens is 1. The van der Waals surface area contributed by atoms with E-state index in [1.165, 1.54) is 23.5 Å². The molecule has 1 aliphatic carbocycles. The molecule has 0 unspecified atom stereocenters. The number of rotatable bonds is 5. The van der Waals surface area contributed by atoms with Crippen LogP contribution in [0.3, 0.4) is 0 Å². The second-order valence-electron chi connectivity index (χ2n) is 8.99. The van der Waals surface area contributed by atoms with Crippen molar-refractivity contribution < 1.29 is 14.0 Å². The number of nitrogens with zero attached hydrogens (tertiary/aromatic N) is 3. The summed E-state index contributed by atoms with van der Waals surface area (Å²) in [4.78, 5) is 37.7. The molecule has 9 heteroatoms. The van der Waals surface area contributed by atoms with E-state index < -0.39 is 0 Å². The number of hydrogen-bond acceptors (Lipinski definition) is 6. The van der Waals surface area contributed by atoms with Gasteiger partial charge in [-0.25, -0.2) is 9.37 Å². The topological polar surface area (TPSA) is 101 Å². The molecule has 0 spiro atoms. The molecular formula is C26H22FN5O2S. The van der Waals surface area contributed by atoms with E-state index in [-0.39, 0.29) is 40.5 Å². The number of amides is 2. The maximum atomic E-state index is 13.9. The second kappa shape index (κ2) is 8.42. The van der Waals surface area contributed by atoms with Gasteiger partial charge in [0.15, 0.2) is 5.13 Å². The number of pyridine rings is 1. The van der Waals surface area contributed by atoms with Gasteiger partial charge in [-0.15, -0.1) is 0 Å². The lowest BCUT2D eigenvalue weighted by Crippen LogP contribution is -2.45. The predicted molar refractivity (Wildman–Crippen MR) is 132 cm³/mol. The van der Waals surface area contributed by atoms with Crippen molar-refractivity contribution in [2.45, 2.75) is 24.9 Å². The molecule has 2 aromatic heterocycles. The highest BCUT2D eigenvalue weighted by molar-refractivity contribution is 7.19. The molecule has 1 aliphatic heterocycles. The molecule has 7 nitrogen and oxygen atoms in total. The normalized spacial score (nSPS) is 20.6. The van der Waals surface area contributed by atoms with Crippen LogP contribution in [0.2, 0.25) is 0 Å². The molecule has 176 valence electrons. The van der Waals surface area contributed by atoms with Crippen molar-refractivity contribution in [1.29, 1.82) is 0 Å². The molecule has 4 aromatic rings. The molecule has 35 heavy (non-hydrogen) atoms. The molecule has 2 fully saturated rings. The van der Waals surface area contributed by atoms with Crippen molar-refractivity contribution in [3.8, 4) is 10.4 Å². The molecule has 6 rings (SSSR count). The number of nitrogens with one attached hydrogen (secondary N) is 1. The zero-order chi connectivity index (χ0) is 24.1. The van der Waals surface area contributed by atoms with E-state index in [9.17, 15) is 14.0 Å². The van der Waals surface area contributed by atoms with E-state index in [1.807, 2.05) is 23.1 Å². The van der Waals surface area contributed by atoms with Gasteiger partial charge in [-0.1, -0.05) is 35.6 Å². The zero-order valence-electron chi connectivity index (χ0n) is 18.6. The monoisotopic (exact) mass is 487 g/mol. The van der Waals surface area contributed by atoms with Gasteiger partial charge in [0.05, 0.1) is 16.4 Å². The van der Waals surface area contributed by atoms with Crippen molar-refractivity contribution in [2.75, 3.05) is 12.3 Å². The SMILES string of the molecule is Nc1nc(C(=O)N2[C@H](CNC(=O)c3cccc4ncccc34)C[C@@H]3C[C@@H]32)c(-c2cccc(F)c2)s1. The number of thiazole rings is 1. The second-order valence-corrected chi connectivity index (χ2v) is 10.0. The lowest BCUT2D eigenvalue weighted by Gasteiger charge is -2.27. The summed E-state index contributed by atoms with van der Waals surface area (Å²) < 4.78 is 13.9. The van der Waals surface area contributed by atoms with Crippen LogP contribution in [0.1, 0.15) is 33.7 Å². The van der Waals surface area contributed by atoms with Gasteiger partial charge >= 0.3 is 0 Å². The minimum Gasteiger partial charge on any atom is -0.375 e. The number of fused-ring (bicyclic) bond motifs is 2. The number of nitrogens with two attached hydrogens (primary N) is 1. The number of anilines is 1. The summed E-state index contributed by atoms with van der Waals surface area (Å²) in [5.74, 6) is -0.387. The Bertz CT molecular complexity index is 1470. The molecule has 3 N–H and O–H groups in total. The Balaban J connectivity index is 1.23. The Hall–Kier alpha value is -3.85. The van der Waals surface area contributed by atoms with Crippen molar-refractivity contribution >= 4 is 39.2 Å². The Morgan fingerprint density at radius 1 is 1.14 bits per heavy atom. The van der Waals surface area contributed by atoms with Gasteiger partial charge in [0.1, 0.15) is 11.5 Å². The molecule has 2 aromatic carbocycles. The van der Waals surface area contributed by atoms with Gasteiger partial charge in [-0.2, -0.15) is 0 Å². The summed E-state index contributed by atoms with van der Waals surface area (Å²) in [6.45, 7) is 0.336. The molecule has 3 heterocycles. The quantitative estimate of drug-likeness (QED) is 0.441. The largest absolute Gasteiger partial charge is 0.375 e. The number of benzene rings is 2. The first kappa shape index (κ1) is 21.7. The van der Waals surface area contributed by atoms with Crippen LogP contribution in [0.15, 0.2) is 60.8 Å². The standard InChI is InChI=1S/C26H22FN5O2S/c27-16-5-1-4-14(10-16)23-22(31-26(28)35-23)25(34)32-17(11-15-12-21(15)32)13-30-24(33)19-6-2-8-20-18(19)7-3-9-29-20/h1-10,15,17,21H,11-13H2,(H2,28,31)(H,30,33)/t15-,17+,21+/m1/s1. The van der Waals surface area contributed by atoms with E-state index in [0.29, 0.717) is 28.5 Å². The summed E-state index contributed by atoms with van der Waals surface area (Å²) in [7, 11) is 0. The first-order valence-corrected chi connectivity index (χ1v) is 12.3. The van der Waals surface area contributed by atoms with Crippen molar-refractivity contribution in [2.24, 2.45) is 5.92 Å². The number of hydrogen-bond donors (Lipinski definition) is 2. The van der Waals surface area contributed by atoms with Crippen LogP contribution in [0.5, 0.6) is 0 Å². The van der Waals surface area contributed by atoms with E-state index >= 15 is 0 Å². The van der Waals surface area contributed by atoms with Crippen LogP contribution in [0, 0.1) is 11.7 Å². The molecule has 3 atom stereocenters. The Morgan fingerprint density at radius 2 is 2.00 bits per heavy atom.